The fraction of sp³-hybridized carbons (Fsp3) is 0.312. The summed E-state index contributed by atoms with van der Waals surface area (Å²) in [6.45, 7) is 6.23. The van der Waals surface area contributed by atoms with Gasteiger partial charge >= 0.3 is 5.97 Å². The average molecular weight is 274 g/mol. The Bertz CT molecular complexity index is 619. The molecule has 20 heavy (non-hydrogen) atoms. The van der Waals surface area contributed by atoms with Crippen LogP contribution in [0.25, 0.3) is 10.8 Å². The van der Waals surface area contributed by atoms with Crippen molar-refractivity contribution in [3.8, 4) is 17.2 Å². The number of esters is 1. The molecule has 0 fully saturated rings. The molecule has 0 saturated carbocycles. The van der Waals surface area contributed by atoms with Gasteiger partial charge in [0, 0.05) is 23.8 Å². The number of benzene rings is 2. The molecule has 4 nitrogen and oxygen atoms in total. The smallest absolute Gasteiger partial charge is 0.308 e. The second kappa shape index (κ2) is 6.28. The van der Waals surface area contributed by atoms with Crippen LogP contribution >= 0.6 is 0 Å². The van der Waals surface area contributed by atoms with Gasteiger partial charge in [0.2, 0.25) is 0 Å². The number of rotatable bonds is 5. The first kappa shape index (κ1) is 14.2. The standard InChI is InChI=1S/C16H18O4/c1-4-18-14-10-15(19-5-2)16(20-11(3)17)13-9-7-6-8-12(13)14/h6-10H,4-5H2,1-3H3. The van der Waals surface area contributed by atoms with Crippen LogP contribution in [0.4, 0.5) is 0 Å². The largest absolute Gasteiger partial charge is 0.493 e. The van der Waals surface area contributed by atoms with Crippen LogP contribution in [-0.2, 0) is 4.79 Å². The van der Waals surface area contributed by atoms with Gasteiger partial charge in [-0.25, -0.2) is 0 Å². The van der Waals surface area contributed by atoms with Gasteiger partial charge in [0.25, 0.3) is 0 Å². The Morgan fingerprint density at radius 3 is 2.20 bits per heavy atom. The number of carbonyl (C=O) groups is 1. The second-order valence-corrected chi connectivity index (χ2v) is 4.21. The Labute approximate surface area is 118 Å². The maximum atomic E-state index is 11.3. The summed E-state index contributed by atoms with van der Waals surface area (Å²) in [5.74, 6) is 1.31. The van der Waals surface area contributed by atoms with E-state index in [1.54, 1.807) is 6.07 Å². The van der Waals surface area contributed by atoms with Crippen molar-refractivity contribution in [3.05, 3.63) is 30.3 Å². The highest BCUT2D eigenvalue weighted by atomic mass is 16.6. The Balaban J connectivity index is 2.69. The van der Waals surface area contributed by atoms with E-state index >= 15 is 0 Å². The lowest BCUT2D eigenvalue weighted by atomic mass is 10.1. The third-order valence-corrected chi connectivity index (χ3v) is 2.77. The summed E-state index contributed by atoms with van der Waals surface area (Å²) in [5, 5.41) is 1.70. The minimum atomic E-state index is -0.375. The highest BCUT2D eigenvalue weighted by Crippen LogP contribution is 2.41. The monoisotopic (exact) mass is 274 g/mol. The highest BCUT2D eigenvalue weighted by Gasteiger charge is 2.16. The number of hydrogen-bond donors (Lipinski definition) is 0. The minimum Gasteiger partial charge on any atom is -0.493 e. The maximum absolute atomic E-state index is 11.3. The van der Waals surface area contributed by atoms with Crippen LogP contribution < -0.4 is 14.2 Å². The van der Waals surface area contributed by atoms with Crippen LogP contribution in [0.1, 0.15) is 20.8 Å². The molecule has 0 spiro atoms. The van der Waals surface area contributed by atoms with E-state index in [4.69, 9.17) is 14.2 Å². The molecule has 0 unspecified atom stereocenters. The normalized spacial score (nSPS) is 10.3. The molecule has 0 bridgehead atoms. The molecule has 0 aliphatic heterocycles. The number of carbonyl (C=O) groups excluding carboxylic acids is 1. The van der Waals surface area contributed by atoms with Crippen molar-refractivity contribution in [1.29, 1.82) is 0 Å². The number of fused-ring (bicyclic) bond motifs is 1. The minimum absolute atomic E-state index is 0.375. The number of hydrogen-bond acceptors (Lipinski definition) is 4. The molecule has 4 heteroatoms. The number of ether oxygens (including phenoxy) is 3. The zero-order chi connectivity index (χ0) is 14.5. The first-order valence-electron chi connectivity index (χ1n) is 6.67. The van der Waals surface area contributed by atoms with Crippen molar-refractivity contribution in [2.75, 3.05) is 13.2 Å². The molecule has 0 heterocycles. The Morgan fingerprint density at radius 2 is 1.60 bits per heavy atom. The molecule has 2 aromatic rings. The van der Waals surface area contributed by atoms with E-state index < -0.39 is 0 Å². The van der Waals surface area contributed by atoms with Crippen LogP contribution in [-0.4, -0.2) is 19.2 Å². The van der Waals surface area contributed by atoms with Gasteiger partial charge in [0.05, 0.1) is 13.2 Å². The Morgan fingerprint density at radius 1 is 1.00 bits per heavy atom. The lowest BCUT2D eigenvalue weighted by Gasteiger charge is -2.15. The van der Waals surface area contributed by atoms with Crippen LogP contribution in [0.2, 0.25) is 0 Å². The third-order valence-electron chi connectivity index (χ3n) is 2.77. The van der Waals surface area contributed by atoms with Crippen LogP contribution in [0, 0.1) is 0 Å². The maximum Gasteiger partial charge on any atom is 0.308 e. The van der Waals surface area contributed by atoms with Gasteiger partial charge in [-0.3, -0.25) is 4.79 Å². The summed E-state index contributed by atoms with van der Waals surface area (Å²) >= 11 is 0. The molecular formula is C16H18O4. The Hall–Kier alpha value is -2.23. The van der Waals surface area contributed by atoms with Gasteiger partial charge in [-0.1, -0.05) is 24.3 Å². The van der Waals surface area contributed by atoms with E-state index in [0.29, 0.717) is 24.7 Å². The van der Waals surface area contributed by atoms with Gasteiger partial charge in [0.15, 0.2) is 11.5 Å². The van der Waals surface area contributed by atoms with Gasteiger partial charge in [-0.05, 0) is 13.8 Å². The van der Waals surface area contributed by atoms with Crippen molar-refractivity contribution in [2.24, 2.45) is 0 Å². The quantitative estimate of drug-likeness (QED) is 0.617. The molecule has 0 N–H and O–H groups in total. The zero-order valence-corrected chi connectivity index (χ0v) is 11.9. The third kappa shape index (κ3) is 2.85. The van der Waals surface area contributed by atoms with Gasteiger partial charge in [-0.2, -0.15) is 0 Å². The fourth-order valence-electron chi connectivity index (χ4n) is 2.08. The van der Waals surface area contributed by atoms with Gasteiger partial charge in [-0.15, -0.1) is 0 Å². The first-order chi connectivity index (χ1) is 9.67. The lowest BCUT2D eigenvalue weighted by Crippen LogP contribution is -2.05. The van der Waals surface area contributed by atoms with Crippen molar-refractivity contribution in [3.63, 3.8) is 0 Å². The summed E-state index contributed by atoms with van der Waals surface area (Å²) in [6, 6.07) is 9.40. The van der Waals surface area contributed by atoms with E-state index in [0.717, 1.165) is 16.5 Å². The topological polar surface area (TPSA) is 44.8 Å². The van der Waals surface area contributed by atoms with Crippen LogP contribution in [0.5, 0.6) is 17.2 Å². The van der Waals surface area contributed by atoms with Gasteiger partial charge < -0.3 is 14.2 Å². The predicted octanol–water partition coefficient (Wildman–Crippen LogP) is 3.56. The SMILES string of the molecule is CCOc1cc(OCC)c2ccccc2c1OC(C)=O. The van der Waals surface area contributed by atoms with Crippen LogP contribution in [0.3, 0.4) is 0 Å². The molecule has 0 radical (unpaired) electrons. The van der Waals surface area contributed by atoms with Crippen molar-refractivity contribution in [2.45, 2.75) is 20.8 Å². The molecule has 0 amide bonds. The zero-order valence-electron chi connectivity index (χ0n) is 11.9. The van der Waals surface area contributed by atoms with Crippen molar-refractivity contribution in [1.82, 2.24) is 0 Å². The first-order valence-corrected chi connectivity index (χ1v) is 6.67. The molecule has 106 valence electrons. The van der Waals surface area contributed by atoms with Crippen LogP contribution in [0.15, 0.2) is 30.3 Å². The summed E-state index contributed by atoms with van der Waals surface area (Å²) in [7, 11) is 0. The van der Waals surface area contributed by atoms with E-state index in [1.807, 2.05) is 38.1 Å². The fourth-order valence-corrected chi connectivity index (χ4v) is 2.08. The van der Waals surface area contributed by atoms with E-state index in [1.165, 1.54) is 6.92 Å². The van der Waals surface area contributed by atoms with E-state index in [9.17, 15) is 4.79 Å². The average Bonchev–Trinajstić information content (AvgIpc) is 2.43. The molecular weight excluding hydrogens is 256 g/mol. The highest BCUT2D eigenvalue weighted by molar-refractivity contribution is 5.97. The van der Waals surface area contributed by atoms with Crippen molar-refractivity contribution >= 4 is 16.7 Å². The second-order valence-electron chi connectivity index (χ2n) is 4.21. The summed E-state index contributed by atoms with van der Waals surface area (Å²) in [5.41, 5.74) is 0. The molecule has 0 aliphatic carbocycles. The molecule has 0 aromatic heterocycles. The van der Waals surface area contributed by atoms with E-state index in [2.05, 4.69) is 0 Å². The Kier molecular flexibility index (Phi) is 4.45. The predicted molar refractivity (Wildman–Crippen MR) is 77.6 cm³/mol. The molecule has 0 saturated heterocycles. The molecule has 0 atom stereocenters. The summed E-state index contributed by atoms with van der Waals surface area (Å²) in [6.07, 6.45) is 0. The summed E-state index contributed by atoms with van der Waals surface area (Å²) in [4.78, 5) is 11.3. The van der Waals surface area contributed by atoms with Gasteiger partial charge in [0.1, 0.15) is 5.75 Å². The molecule has 2 aromatic carbocycles. The summed E-state index contributed by atoms with van der Waals surface area (Å²) < 4.78 is 16.5. The molecule has 2 rings (SSSR count). The molecule has 0 aliphatic rings. The van der Waals surface area contributed by atoms with Crippen molar-refractivity contribution < 1.29 is 19.0 Å². The van der Waals surface area contributed by atoms with E-state index in [-0.39, 0.29) is 5.97 Å². The lowest BCUT2D eigenvalue weighted by molar-refractivity contribution is -0.131.